The molecule has 1 saturated carbocycles. The molecule has 3 rings (SSSR count). The highest BCUT2D eigenvalue weighted by Gasteiger charge is 2.37. The van der Waals surface area contributed by atoms with Crippen molar-refractivity contribution in [3.63, 3.8) is 0 Å². The van der Waals surface area contributed by atoms with Crippen LogP contribution in [0.2, 0.25) is 0 Å². The van der Waals surface area contributed by atoms with E-state index in [1.807, 2.05) is 12.1 Å². The molecule has 20 heavy (non-hydrogen) atoms. The summed E-state index contributed by atoms with van der Waals surface area (Å²) in [6.45, 7) is 6.30. The summed E-state index contributed by atoms with van der Waals surface area (Å²) in [4.78, 5) is 14.3. The minimum atomic E-state index is -0.0716. The third-order valence-electron chi connectivity index (χ3n) is 3.58. The predicted molar refractivity (Wildman–Crippen MR) is 85.3 cm³/mol. The number of nitrogens with zero attached hydrogens (tertiary/aromatic N) is 1. The van der Waals surface area contributed by atoms with Gasteiger partial charge in [0.2, 0.25) is 0 Å². The second kappa shape index (κ2) is 5.22. The van der Waals surface area contributed by atoms with Crippen LogP contribution >= 0.6 is 24.0 Å². The Bertz CT molecular complexity index is 617. The number of rotatable bonds is 4. The third kappa shape index (κ3) is 2.47. The maximum Gasteiger partial charge on any atom is 0.266 e. The fraction of sp³-hybridized carbons (Fsp3) is 0.333. The van der Waals surface area contributed by atoms with Gasteiger partial charge in [-0.3, -0.25) is 9.69 Å². The lowest BCUT2D eigenvalue weighted by Gasteiger charge is -2.10. The zero-order chi connectivity index (χ0) is 14.3. The zero-order valence-corrected chi connectivity index (χ0v) is 12.8. The van der Waals surface area contributed by atoms with Crippen LogP contribution in [0.4, 0.5) is 0 Å². The summed E-state index contributed by atoms with van der Waals surface area (Å²) >= 11 is 6.51. The van der Waals surface area contributed by atoms with Gasteiger partial charge in [0.1, 0.15) is 15.8 Å². The van der Waals surface area contributed by atoms with Gasteiger partial charge in [0.15, 0.2) is 0 Å². The van der Waals surface area contributed by atoms with E-state index in [9.17, 15) is 4.79 Å². The maximum atomic E-state index is 12.2. The second-order valence-electron chi connectivity index (χ2n) is 5.14. The summed E-state index contributed by atoms with van der Waals surface area (Å²) in [7, 11) is 0. The Labute approximate surface area is 127 Å². The molecular weight excluding hydrogens is 290 g/mol. The first-order valence-corrected chi connectivity index (χ1v) is 7.78. The summed E-state index contributed by atoms with van der Waals surface area (Å²) in [5.74, 6) is 2.92. The quantitative estimate of drug-likeness (QED) is 0.481. The summed E-state index contributed by atoms with van der Waals surface area (Å²) in [6, 6.07) is 3.92. The smallest absolute Gasteiger partial charge is 0.266 e. The highest BCUT2D eigenvalue weighted by Crippen LogP contribution is 2.47. The monoisotopic (exact) mass is 305 g/mol. The van der Waals surface area contributed by atoms with E-state index in [0.717, 1.165) is 11.5 Å². The number of carbonyl (C=O) groups is 1. The topological polar surface area (TPSA) is 33.5 Å². The molecular formula is C15H15NO2S2. The molecule has 1 amide bonds. The Hall–Kier alpha value is -1.33. The van der Waals surface area contributed by atoms with Gasteiger partial charge in [0, 0.05) is 18.5 Å². The first-order chi connectivity index (χ1) is 9.60. The van der Waals surface area contributed by atoms with Gasteiger partial charge < -0.3 is 4.42 Å². The van der Waals surface area contributed by atoms with Crippen LogP contribution in [0.5, 0.6) is 0 Å². The van der Waals surface area contributed by atoms with Crippen LogP contribution in [0, 0.1) is 5.92 Å². The lowest BCUT2D eigenvalue weighted by Crippen LogP contribution is -2.27. The molecule has 1 aromatic heterocycles. The minimum Gasteiger partial charge on any atom is -0.461 e. The first-order valence-electron chi connectivity index (χ1n) is 6.56. The lowest BCUT2D eigenvalue weighted by molar-refractivity contribution is -0.121. The van der Waals surface area contributed by atoms with Crippen LogP contribution in [0.3, 0.4) is 0 Å². The zero-order valence-electron chi connectivity index (χ0n) is 11.2. The molecule has 0 aromatic carbocycles. The Morgan fingerprint density at radius 2 is 2.35 bits per heavy atom. The summed E-state index contributed by atoms with van der Waals surface area (Å²) in [6.07, 6.45) is 4.64. The molecule has 0 N–H and O–H groups in total. The molecule has 0 radical (unpaired) electrons. The SMILES string of the molecule is C=CCN1C(=O)/C(=C/c2ccc([C@H]3C[C@H]3C)o2)SC1=S. The second-order valence-corrected chi connectivity index (χ2v) is 6.82. The molecule has 1 aromatic rings. The highest BCUT2D eigenvalue weighted by atomic mass is 32.2. The molecule has 3 nitrogen and oxygen atoms in total. The van der Waals surface area contributed by atoms with Crippen molar-refractivity contribution >= 4 is 40.3 Å². The van der Waals surface area contributed by atoms with Crippen molar-refractivity contribution in [1.82, 2.24) is 4.90 Å². The van der Waals surface area contributed by atoms with E-state index in [1.54, 1.807) is 17.1 Å². The molecule has 1 aliphatic carbocycles. The van der Waals surface area contributed by atoms with Crippen molar-refractivity contribution < 1.29 is 9.21 Å². The molecule has 2 heterocycles. The van der Waals surface area contributed by atoms with Crippen LogP contribution < -0.4 is 0 Å². The highest BCUT2D eigenvalue weighted by molar-refractivity contribution is 8.26. The molecule has 2 fully saturated rings. The van der Waals surface area contributed by atoms with Crippen LogP contribution in [0.25, 0.3) is 6.08 Å². The van der Waals surface area contributed by atoms with E-state index < -0.39 is 0 Å². The largest absolute Gasteiger partial charge is 0.461 e. The Morgan fingerprint density at radius 1 is 1.60 bits per heavy atom. The average Bonchev–Trinajstić information content (AvgIpc) is 2.86. The van der Waals surface area contributed by atoms with Gasteiger partial charge in [-0.2, -0.15) is 0 Å². The number of thioether (sulfide) groups is 1. The maximum absolute atomic E-state index is 12.2. The third-order valence-corrected chi connectivity index (χ3v) is 4.96. The van der Waals surface area contributed by atoms with Gasteiger partial charge in [-0.15, -0.1) is 6.58 Å². The van der Waals surface area contributed by atoms with Gasteiger partial charge in [-0.05, 0) is 24.5 Å². The molecule has 5 heteroatoms. The van der Waals surface area contributed by atoms with Crippen LogP contribution in [0.1, 0.15) is 30.8 Å². The first kappa shape index (κ1) is 13.6. The molecule has 0 unspecified atom stereocenters. The lowest BCUT2D eigenvalue weighted by atomic mass is 10.3. The standard InChI is InChI=1S/C15H15NO2S2/c1-3-6-16-14(17)13(20-15(16)19)8-10-4-5-12(18-10)11-7-9(11)2/h3-5,8-9,11H,1,6-7H2,2H3/b13-8-/t9-,11+/m1/s1. The van der Waals surface area contributed by atoms with Gasteiger partial charge >= 0.3 is 0 Å². The van der Waals surface area contributed by atoms with Crippen molar-refractivity contribution in [2.75, 3.05) is 6.54 Å². The molecule has 1 aliphatic heterocycles. The van der Waals surface area contributed by atoms with E-state index in [4.69, 9.17) is 16.6 Å². The molecule has 2 atom stereocenters. The summed E-state index contributed by atoms with van der Waals surface area (Å²) < 4.78 is 6.37. The summed E-state index contributed by atoms with van der Waals surface area (Å²) in [5, 5.41) is 0. The van der Waals surface area contributed by atoms with Gasteiger partial charge in [0.05, 0.1) is 4.91 Å². The van der Waals surface area contributed by atoms with Gasteiger partial charge in [-0.25, -0.2) is 0 Å². The minimum absolute atomic E-state index is 0.0716. The van der Waals surface area contributed by atoms with E-state index in [1.165, 1.54) is 18.2 Å². The molecule has 104 valence electrons. The van der Waals surface area contributed by atoms with E-state index in [0.29, 0.717) is 27.6 Å². The van der Waals surface area contributed by atoms with Crippen molar-refractivity contribution in [3.8, 4) is 0 Å². The van der Waals surface area contributed by atoms with Crippen molar-refractivity contribution in [2.45, 2.75) is 19.3 Å². The molecule has 0 bridgehead atoms. The van der Waals surface area contributed by atoms with Crippen LogP contribution in [-0.4, -0.2) is 21.7 Å². The molecule has 0 spiro atoms. The van der Waals surface area contributed by atoms with E-state index in [2.05, 4.69) is 13.5 Å². The van der Waals surface area contributed by atoms with Crippen molar-refractivity contribution in [1.29, 1.82) is 0 Å². The summed E-state index contributed by atoms with van der Waals surface area (Å²) in [5.41, 5.74) is 0. The fourth-order valence-electron chi connectivity index (χ4n) is 2.28. The normalized spacial score (nSPS) is 27.4. The van der Waals surface area contributed by atoms with Crippen LogP contribution in [0.15, 0.2) is 34.1 Å². The Balaban J connectivity index is 1.78. The van der Waals surface area contributed by atoms with E-state index >= 15 is 0 Å². The molecule has 1 saturated heterocycles. The average molecular weight is 305 g/mol. The number of amides is 1. The number of carbonyl (C=O) groups excluding carboxylic acids is 1. The Morgan fingerprint density at radius 3 is 3.00 bits per heavy atom. The van der Waals surface area contributed by atoms with Gasteiger partial charge in [0.25, 0.3) is 5.91 Å². The number of furan rings is 1. The van der Waals surface area contributed by atoms with Crippen molar-refractivity contribution in [2.24, 2.45) is 5.92 Å². The van der Waals surface area contributed by atoms with E-state index in [-0.39, 0.29) is 5.91 Å². The molecule has 2 aliphatic rings. The van der Waals surface area contributed by atoms with Crippen LogP contribution in [-0.2, 0) is 4.79 Å². The number of hydrogen-bond acceptors (Lipinski definition) is 4. The number of hydrogen-bond donors (Lipinski definition) is 0. The Kier molecular flexibility index (Phi) is 3.56. The van der Waals surface area contributed by atoms with Crippen molar-refractivity contribution in [3.05, 3.63) is 41.2 Å². The predicted octanol–water partition coefficient (Wildman–Crippen LogP) is 3.79. The number of thiocarbonyl (C=S) groups is 1. The fourth-order valence-corrected chi connectivity index (χ4v) is 3.53. The van der Waals surface area contributed by atoms with Gasteiger partial charge in [-0.1, -0.05) is 37.0 Å².